The molecule has 1 N–H and O–H groups in total. The Hall–Kier alpha value is -2.53. The Kier molecular flexibility index (Phi) is 5.27. The Labute approximate surface area is 170 Å². The first-order chi connectivity index (χ1) is 13.5. The number of nitrogens with zero attached hydrogens (tertiary/aromatic N) is 2. The van der Waals surface area contributed by atoms with Crippen LogP contribution in [0.3, 0.4) is 0 Å². The molecule has 1 aliphatic carbocycles. The number of amides is 2. The molecule has 0 bridgehead atoms. The molecule has 0 spiro atoms. The predicted molar refractivity (Wildman–Crippen MR) is 112 cm³/mol. The molecule has 1 aliphatic heterocycles. The summed E-state index contributed by atoms with van der Waals surface area (Å²) in [5, 5.41) is 3.55. The van der Waals surface area contributed by atoms with Crippen molar-refractivity contribution in [1.29, 1.82) is 0 Å². The third-order valence-electron chi connectivity index (χ3n) is 5.68. The third-order valence-corrected chi connectivity index (χ3v) is 6.09. The van der Waals surface area contributed by atoms with E-state index in [1.54, 1.807) is 6.07 Å². The van der Waals surface area contributed by atoms with Crippen LogP contribution in [0.2, 0.25) is 5.02 Å². The van der Waals surface area contributed by atoms with Gasteiger partial charge in [0.2, 0.25) is 11.8 Å². The molecular formula is C22H24ClN3O2. The molecule has 2 unspecified atom stereocenters. The van der Waals surface area contributed by atoms with Crippen LogP contribution in [-0.4, -0.2) is 42.9 Å². The number of halogens is 1. The maximum absolute atomic E-state index is 12.8. The number of benzene rings is 2. The summed E-state index contributed by atoms with van der Waals surface area (Å²) in [6, 6.07) is 15.7. The van der Waals surface area contributed by atoms with E-state index in [9.17, 15) is 9.59 Å². The molecule has 146 valence electrons. The van der Waals surface area contributed by atoms with Gasteiger partial charge in [0, 0.05) is 42.6 Å². The molecule has 1 heterocycles. The van der Waals surface area contributed by atoms with Gasteiger partial charge in [-0.1, -0.05) is 35.9 Å². The van der Waals surface area contributed by atoms with Crippen LogP contribution >= 0.6 is 11.6 Å². The lowest BCUT2D eigenvalue weighted by Crippen LogP contribution is -2.49. The lowest BCUT2D eigenvalue weighted by Gasteiger charge is -2.36. The molecule has 2 aliphatic rings. The van der Waals surface area contributed by atoms with E-state index in [-0.39, 0.29) is 23.7 Å². The molecule has 2 aromatic rings. The smallest absolute Gasteiger partial charge is 0.228 e. The number of carbonyl (C=O) groups excluding carboxylic acids is 2. The van der Waals surface area contributed by atoms with Gasteiger partial charge in [-0.25, -0.2) is 0 Å². The van der Waals surface area contributed by atoms with Crippen LogP contribution in [0.1, 0.15) is 12.0 Å². The number of para-hydroxylation sites is 1. The van der Waals surface area contributed by atoms with E-state index in [0.717, 1.165) is 18.7 Å². The van der Waals surface area contributed by atoms with Gasteiger partial charge in [-0.3, -0.25) is 9.59 Å². The molecule has 28 heavy (non-hydrogen) atoms. The summed E-state index contributed by atoms with van der Waals surface area (Å²) in [6.07, 6.45) is 0.628. The fourth-order valence-electron chi connectivity index (χ4n) is 3.78. The van der Waals surface area contributed by atoms with Crippen LogP contribution in [0.5, 0.6) is 0 Å². The predicted octanol–water partition coefficient (Wildman–Crippen LogP) is 3.57. The zero-order valence-corrected chi connectivity index (χ0v) is 16.7. The van der Waals surface area contributed by atoms with Gasteiger partial charge in [0.25, 0.3) is 0 Å². The van der Waals surface area contributed by atoms with Gasteiger partial charge in [0.15, 0.2) is 0 Å². The Morgan fingerprint density at radius 1 is 0.964 bits per heavy atom. The van der Waals surface area contributed by atoms with Crippen molar-refractivity contribution in [3.8, 4) is 0 Å². The van der Waals surface area contributed by atoms with Crippen molar-refractivity contribution in [2.45, 2.75) is 13.3 Å². The average molecular weight is 398 g/mol. The molecule has 2 atom stereocenters. The Balaban J connectivity index is 1.30. The maximum Gasteiger partial charge on any atom is 0.228 e. The van der Waals surface area contributed by atoms with Crippen LogP contribution in [0.25, 0.3) is 0 Å². The lowest BCUT2D eigenvalue weighted by atomic mass is 10.2. The lowest BCUT2D eigenvalue weighted by molar-refractivity contribution is -0.134. The summed E-state index contributed by atoms with van der Waals surface area (Å²) in [6.45, 7) is 4.92. The minimum atomic E-state index is -0.238. The number of piperazine rings is 1. The molecule has 5 nitrogen and oxygen atoms in total. The summed E-state index contributed by atoms with van der Waals surface area (Å²) in [5.74, 6) is -0.414. The minimum Gasteiger partial charge on any atom is -0.368 e. The summed E-state index contributed by atoms with van der Waals surface area (Å²) < 4.78 is 0. The van der Waals surface area contributed by atoms with Crippen LogP contribution in [-0.2, 0) is 9.59 Å². The second-order valence-electron chi connectivity index (χ2n) is 7.50. The van der Waals surface area contributed by atoms with Crippen molar-refractivity contribution >= 4 is 34.8 Å². The van der Waals surface area contributed by atoms with E-state index in [2.05, 4.69) is 22.3 Å². The molecule has 0 aromatic heterocycles. The molecule has 1 saturated heterocycles. The molecule has 2 amide bonds. The summed E-state index contributed by atoms with van der Waals surface area (Å²) in [4.78, 5) is 29.5. The molecule has 0 radical (unpaired) electrons. The topological polar surface area (TPSA) is 52.7 Å². The van der Waals surface area contributed by atoms with E-state index in [4.69, 9.17) is 11.6 Å². The number of hydrogen-bond donors (Lipinski definition) is 1. The molecule has 6 heteroatoms. The Bertz CT molecular complexity index is 879. The van der Waals surface area contributed by atoms with Crippen LogP contribution in [0, 0.1) is 18.8 Å². The van der Waals surface area contributed by atoms with Crippen LogP contribution < -0.4 is 10.2 Å². The van der Waals surface area contributed by atoms with Gasteiger partial charge in [0.05, 0.1) is 11.8 Å². The van der Waals surface area contributed by atoms with Gasteiger partial charge < -0.3 is 15.1 Å². The molecular weight excluding hydrogens is 374 g/mol. The number of anilines is 2. The van der Waals surface area contributed by atoms with Crippen molar-refractivity contribution in [3.05, 3.63) is 59.1 Å². The van der Waals surface area contributed by atoms with Gasteiger partial charge in [0.1, 0.15) is 0 Å². The van der Waals surface area contributed by atoms with Gasteiger partial charge >= 0.3 is 0 Å². The maximum atomic E-state index is 12.8. The Morgan fingerprint density at radius 2 is 1.68 bits per heavy atom. The zero-order valence-electron chi connectivity index (χ0n) is 15.9. The van der Waals surface area contributed by atoms with E-state index in [1.165, 1.54) is 5.69 Å². The van der Waals surface area contributed by atoms with Gasteiger partial charge in [-0.15, -0.1) is 0 Å². The number of carbonyl (C=O) groups is 2. The van der Waals surface area contributed by atoms with Crippen molar-refractivity contribution in [2.24, 2.45) is 11.8 Å². The number of hydrogen-bond acceptors (Lipinski definition) is 3. The van der Waals surface area contributed by atoms with E-state index in [0.29, 0.717) is 30.2 Å². The van der Waals surface area contributed by atoms with Crippen LogP contribution in [0.15, 0.2) is 48.5 Å². The highest BCUT2D eigenvalue weighted by Crippen LogP contribution is 2.41. The Morgan fingerprint density at radius 3 is 2.39 bits per heavy atom. The van der Waals surface area contributed by atoms with Crippen molar-refractivity contribution < 1.29 is 9.59 Å². The largest absolute Gasteiger partial charge is 0.368 e. The highest BCUT2D eigenvalue weighted by atomic mass is 35.5. The second kappa shape index (κ2) is 7.84. The van der Waals surface area contributed by atoms with Gasteiger partial charge in [-0.2, -0.15) is 0 Å². The molecule has 2 fully saturated rings. The van der Waals surface area contributed by atoms with Crippen LogP contribution in [0.4, 0.5) is 11.4 Å². The third kappa shape index (κ3) is 3.85. The summed E-state index contributed by atoms with van der Waals surface area (Å²) >= 11 is 6.11. The molecule has 2 aromatic carbocycles. The fourth-order valence-corrected chi connectivity index (χ4v) is 3.96. The quantitative estimate of drug-likeness (QED) is 0.858. The first kappa shape index (κ1) is 18.8. The van der Waals surface area contributed by atoms with Crippen molar-refractivity contribution in [2.75, 3.05) is 36.4 Å². The van der Waals surface area contributed by atoms with E-state index >= 15 is 0 Å². The molecule has 4 rings (SSSR count). The normalized spacial score (nSPS) is 21.4. The first-order valence-electron chi connectivity index (χ1n) is 9.69. The summed E-state index contributed by atoms with van der Waals surface area (Å²) in [7, 11) is 0. The van der Waals surface area contributed by atoms with Gasteiger partial charge in [-0.05, 0) is 43.2 Å². The zero-order chi connectivity index (χ0) is 19.7. The highest BCUT2D eigenvalue weighted by Gasteiger charge is 2.49. The molecule has 1 saturated carbocycles. The minimum absolute atomic E-state index is 0.0911. The van der Waals surface area contributed by atoms with Crippen molar-refractivity contribution in [1.82, 2.24) is 4.90 Å². The van der Waals surface area contributed by atoms with E-state index < -0.39 is 0 Å². The number of rotatable bonds is 4. The standard InChI is InChI=1S/C22H24ClN3O2/c1-15-19(23)8-5-9-20(15)24-21(27)17-14-18(17)22(28)26-12-10-25(11-13-26)16-6-3-2-4-7-16/h2-9,17-18H,10-14H2,1H3,(H,24,27). The average Bonchev–Trinajstić information content (AvgIpc) is 3.53. The highest BCUT2D eigenvalue weighted by molar-refractivity contribution is 6.31. The SMILES string of the molecule is Cc1c(Cl)cccc1NC(=O)C1CC1C(=O)N1CCN(c2ccccc2)CC1. The fraction of sp³-hybridized carbons (Fsp3) is 0.364. The number of nitrogens with one attached hydrogen (secondary N) is 1. The van der Waals surface area contributed by atoms with E-state index in [1.807, 2.05) is 42.2 Å². The monoisotopic (exact) mass is 397 g/mol. The van der Waals surface area contributed by atoms with Crippen molar-refractivity contribution in [3.63, 3.8) is 0 Å². The second-order valence-corrected chi connectivity index (χ2v) is 7.91. The first-order valence-corrected chi connectivity index (χ1v) is 10.1. The summed E-state index contributed by atoms with van der Waals surface area (Å²) in [5.41, 5.74) is 2.75.